The number of hydrogen-bond donors (Lipinski definition) is 1. The third kappa shape index (κ3) is 6.84. The van der Waals surface area contributed by atoms with Gasteiger partial charge in [-0.15, -0.1) is 0 Å². The molecule has 49 heavy (non-hydrogen) atoms. The normalized spacial score (nSPS) is 14.3. The number of ether oxygens (including phenoxy) is 2. The molecule has 1 atom stereocenters. The minimum absolute atomic E-state index is 0.0807. The summed E-state index contributed by atoms with van der Waals surface area (Å²) in [5.41, 5.74) is 1.23. The lowest BCUT2D eigenvalue weighted by atomic mass is 9.92. The average molecular weight is 716 g/mol. The smallest absolute Gasteiger partial charge is 0.338 e. The number of carbonyl (C=O) groups is 1. The number of carbonyl (C=O) groups excluding carboxylic acids is 1. The molecular weight excluding hydrogens is 690 g/mol. The van der Waals surface area contributed by atoms with E-state index in [1.807, 2.05) is 18.2 Å². The molecule has 0 amide bonds. The van der Waals surface area contributed by atoms with Crippen molar-refractivity contribution >= 4 is 58.1 Å². The number of fused-ring (bicyclic) bond motifs is 1. The first-order valence-corrected chi connectivity index (χ1v) is 16.7. The zero-order valence-corrected chi connectivity index (χ0v) is 28.5. The first-order chi connectivity index (χ1) is 23.6. The Morgan fingerprint density at radius 2 is 1.92 bits per heavy atom. The van der Waals surface area contributed by atoms with Crippen molar-refractivity contribution in [1.82, 2.24) is 14.5 Å². The monoisotopic (exact) mass is 715 g/mol. The summed E-state index contributed by atoms with van der Waals surface area (Å²) in [6, 6.07) is 18.8. The van der Waals surface area contributed by atoms with Gasteiger partial charge in [-0.1, -0.05) is 59.3 Å². The van der Waals surface area contributed by atoms with Crippen molar-refractivity contribution in [2.45, 2.75) is 29.9 Å². The predicted octanol–water partition coefficient (Wildman–Crippen LogP) is 5.05. The first-order valence-electron chi connectivity index (χ1n) is 14.7. The van der Waals surface area contributed by atoms with Gasteiger partial charge in [-0.2, -0.15) is 0 Å². The average Bonchev–Trinajstić information content (AvgIpc) is 3.38. The Kier molecular flexibility index (Phi) is 9.62. The summed E-state index contributed by atoms with van der Waals surface area (Å²) in [7, 11) is 1.48. The van der Waals surface area contributed by atoms with Crippen LogP contribution in [0.25, 0.3) is 11.8 Å². The fourth-order valence-corrected chi connectivity index (χ4v) is 7.47. The summed E-state index contributed by atoms with van der Waals surface area (Å²) >= 11 is 8.47. The third-order valence-corrected chi connectivity index (χ3v) is 9.56. The van der Waals surface area contributed by atoms with Crippen LogP contribution in [0.1, 0.15) is 35.3 Å². The number of esters is 1. The number of hydrogen-bond acceptors (Lipinski definition) is 11. The van der Waals surface area contributed by atoms with Crippen LogP contribution < -0.4 is 25.2 Å². The molecule has 12 nitrogen and oxygen atoms in total. The quantitative estimate of drug-likeness (QED) is 0.0954. The summed E-state index contributed by atoms with van der Waals surface area (Å²) in [5.74, 6) is -0.284. The topological polar surface area (TPSA) is 159 Å². The number of nitro groups is 1. The molecule has 1 aliphatic rings. The molecule has 6 rings (SSSR count). The zero-order valence-electron chi connectivity index (χ0n) is 26.1. The standard InChI is InChI=1S/C34H26ClN5O7S2/c1-4-47-32(43)28-29(20-8-6-5-7-9-20)38-34-39(30(28)22-17-21(35)11-12-24(22)46-3)31(42)26(49-34)16-19-10-13-25(23(15-19)40(44)45)48-33-36-18(2)14-27(41)37-33/h5-17,30H,4H2,1-3H3,(H,36,37,41)/b26-16-/t30-/m0/s1. The molecule has 0 bridgehead atoms. The maximum absolute atomic E-state index is 14.3. The molecule has 248 valence electrons. The Morgan fingerprint density at radius 3 is 2.61 bits per heavy atom. The molecule has 0 saturated carbocycles. The summed E-state index contributed by atoms with van der Waals surface area (Å²) in [6.45, 7) is 3.42. The second-order valence-corrected chi connectivity index (χ2v) is 13.1. The van der Waals surface area contributed by atoms with E-state index < -0.39 is 22.5 Å². The number of aryl methyl sites for hydroxylation is 1. The van der Waals surface area contributed by atoms with Crippen molar-refractivity contribution in [3.63, 3.8) is 0 Å². The van der Waals surface area contributed by atoms with E-state index in [-0.39, 0.29) is 42.8 Å². The van der Waals surface area contributed by atoms with Crippen molar-refractivity contribution < 1.29 is 19.2 Å². The lowest BCUT2D eigenvalue weighted by Gasteiger charge is -2.27. The van der Waals surface area contributed by atoms with E-state index in [1.54, 1.807) is 50.2 Å². The largest absolute Gasteiger partial charge is 0.496 e. The van der Waals surface area contributed by atoms with Crippen molar-refractivity contribution in [3.8, 4) is 5.75 Å². The molecule has 15 heteroatoms. The van der Waals surface area contributed by atoms with Gasteiger partial charge in [-0.05, 0) is 61.5 Å². The van der Waals surface area contributed by atoms with Crippen LogP contribution >= 0.6 is 34.7 Å². The lowest BCUT2D eigenvalue weighted by Crippen LogP contribution is -2.40. The number of rotatable bonds is 9. The van der Waals surface area contributed by atoms with E-state index in [0.717, 1.165) is 23.1 Å². The van der Waals surface area contributed by atoms with Gasteiger partial charge < -0.3 is 14.5 Å². The SMILES string of the molecule is CCOC(=O)C1=C(c2ccccc2)N=c2s/c(=C\c3ccc(Sc4nc(C)cc(=O)[nH]4)c([N+](=O)[O-])c3)c(=O)n2[C@H]1c1cc(Cl)ccc1OC. The fraction of sp³-hybridized carbons (Fsp3) is 0.147. The van der Waals surface area contributed by atoms with Gasteiger partial charge in [0.1, 0.15) is 11.8 Å². The van der Waals surface area contributed by atoms with Gasteiger partial charge in [0.05, 0.1) is 39.3 Å². The number of benzene rings is 3. The molecule has 0 saturated heterocycles. The van der Waals surface area contributed by atoms with Crippen molar-refractivity contribution in [3.05, 3.63) is 146 Å². The molecule has 0 unspecified atom stereocenters. The molecule has 1 N–H and O–H groups in total. The second kappa shape index (κ2) is 14.0. The maximum Gasteiger partial charge on any atom is 0.338 e. The lowest BCUT2D eigenvalue weighted by molar-refractivity contribution is -0.387. The second-order valence-electron chi connectivity index (χ2n) is 10.6. The molecule has 1 aliphatic heterocycles. The van der Waals surface area contributed by atoms with Crippen molar-refractivity contribution in [2.24, 2.45) is 4.99 Å². The fourth-order valence-electron chi connectivity index (χ4n) is 5.36. The van der Waals surface area contributed by atoms with Crippen LogP contribution in [0.3, 0.4) is 0 Å². The minimum atomic E-state index is -1.04. The van der Waals surface area contributed by atoms with Crippen LogP contribution in [0.2, 0.25) is 5.02 Å². The maximum atomic E-state index is 14.3. The van der Waals surface area contributed by atoms with Crippen LogP contribution in [-0.2, 0) is 9.53 Å². The number of nitrogens with one attached hydrogen (secondary N) is 1. The Morgan fingerprint density at radius 1 is 1.14 bits per heavy atom. The summed E-state index contributed by atoms with van der Waals surface area (Å²) in [5, 5.41) is 12.7. The molecule has 5 aromatic rings. The van der Waals surface area contributed by atoms with Gasteiger partial charge in [0.25, 0.3) is 16.8 Å². The predicted molar refractivity (Wildman–Crippen MR) is 186 cm³/mol. The van der Waals surface area contributed by atoms with E-state index >= 15 is 0 Å². The van der Waals surface area contributed by atoms with Gasteiger partial charge in [-0.3, -0.25) is 24.3 Å². The molecule has 0 spiro atoms. The Labute approximate surface area is 291 Å². The Hall–Kier alpha value is -5.31. The van der Waals surface area contributed by atoms with Gasteiger partial charge in [0, 0.05) is 34.0 Å². The van der Waals surface area contributed by atoms with E-state index in [1.165, 1.54) is 36.0 Å². The number of thiazole rings is 1. The van der Waals surface area contributed by atoms with Crippen LogP contribution in [0.4, 0.5) is 5.69 Å². The first kappa shape index (κ1) is 33.6. The van der Waals surface area contributed by atoms with Crippen LogP contribution in [-0.4, -0.2) is 39.1 Å². The number of nitro benzene ring substituents is 1. The van der Waals surface area contributed by atoms with Gasteiger partial charge in [-0.25, -0.2) is 14.8 Å². The number of nitrogens with zero attached hydrogens (tertiary/aromatic N) is 4. The third-order valence-electron chi connectivity index (χ3n) is 7.39. The molecule has 2 aromatic heterocycles. The van der Waals surface area contributed by atoms with Crippen molar-refractivity contribution in [1.29, 1.82) is 0 Å². The molecular formula is C34H26ClN5O7S2. The molecule has 3 heterocycles. The molecule has 0 radical (unpaired) electrons. The molecule has 3 aromatic carbocycles. The highest BCUT2D eigenvalue weighted by molar-refractivity contribution is 7.99. The van der Waals surface area contributed by atoms with Crippen LogP contribution in [0.5, 0.6) is 5.75 Å². The highest BCUT2D eigenvalue weighted by Crippen LogP contribution is 2.40. The van der Waals surface area contributed by atoms with Crippen molar-refractivity contribution in [2.75, 3.05) is 13.7 Å². The minimum Gasteiger partial charge on any atom is -0.496 e. The summed E-state index contributed by atoms with van der Waals surface area (Å²) in [4.78, 5) is 63.7. The van der Waals surface area contributed by atoms with Gasteiger partial charge in [0.15, 0.2) is 9.96 Å². The molecule has 0 aliphatic carbocycles. The van der Waals surface area contributed by atoms with Gasteiger partial charge >= 0.3 is 5.97 Å². The van der Waals surface area contributed by atoms with Gasteiger partial charge in [0.2, 0.25) is 0 Å². The number of aromatic nitrogens is 3. The summed E-state index contributed by atoms with van der Waals surface area (Å²) in [6.07, 6.45) is 1.53. The van der Waals surface area contributed by atoms with E-state index in [2.05, 4.69) is 9.97 Å². The zero-order chi connectivity index (χ0) is 34.8. The Bertz CT molecular complexity index is 2400. The number of halogens is 1. The number of H-pyrrole nitrogens is 1. The highest BCUT2D eigenvalue weighted by Gasteiger charge is 2.37. The van der Waals surface area contributed by atoms with E-state index in [9.17, 15) is 24.5 Å². The van der Waals surface area contributed by atoms with Crippen LogP contribution in [0.15, 0.2) is 103 Å². The number of aromatic amines is 1. The highest BCUT2D eigenvalue weighted by atomic mass is 35.5. The Balaban J connectivity index is 1.56. The number of methoxy groups -OCH3 is 1. The van der Waals surface area contributed by atoms with E-state index in [4.69, 9.17) is 26.1 Å². The molecule has 0 fully saturated rings. The van der Waals surface area contributed by atoms with E-state index in [0.29, 0.717) is 38.9 Å². The summed E-state index contributed by atoms with van der Waals surface area (Å²) < 4.78 is 12.8. The van der Waals surface area contributed by atoms with Crippen LogP contribution in [0, 0.1) is 17.0 Å².